The summed E-state index contributed by atoms with van der Waals surface area (Å²) >= 11 is 0. The third-order valence-corrected chi connectivity index (χ3v) is 3.54. The smallest absolute Gasteiger partial charge is 0.231 e. The molecule has 9 heteroatoms. The SMILES string of the molecule is CCCC(CO)Nc1nc(NC(C)=O)ncc1OCc1cccc(C#N)n1. The summed E-state index contributed by atoms with van der Waals surface area (Å²) in [7, 11) is 0. The minimum Gasteiger partial charge on any atom is -0.482 e. The van der Waals surface area contributed by atoms with Gasteiger partial charge < -0.3 is 15.2 Å². The van der Waals surface area contributed by atoms with Gasteiger partial charge in [-0.15, -0.1) is 0 Å². The summed E-state index contributed by atoms with van der Waals surface area (Å²) in [6.45, 7) is 3.42. The number of carbonyl (C=O) groups excluding carboxylic acids is 1. The molecule has 0 aliphatic rings. The number of anilines is 2. The molecule has 0 aliphatic heterocycles. The molecule has 27 heavy (non-hydrogen) atoms. The van der Waals surface area contributed by atoms with E-state index in [0.717, 1.165) is 12.8 Å². The van der Waals surface area contributed by atoms with Crippen molar-refractivity contribution in [1.29, 1.82) is 5.26 Å². The van der Waals surface area contributed by atoms with Crippen LogP contribution in [0.25, 0.3) is 0 Å². The van der Waals surface area contributed by atoms with E-state index in [4.69, 9.17) is 10.00 Å². The van der Waals surface area contributed by atoms with Gasteiger partial charge in [0.25, 0.3) is 0 Å². The molecule has 0 aromatic carbocycles. The second kappa shape index (κ2) is 10.0. The van der Waals surface area contributed by atoms with Gasteiger partial charge in [-0.3, -0.25) is 10.1 Å². The summed E-state index contributed by atoms with van der Waals surface area (Å²) in [6, 6.07) is 6.85. The standard InChI is InChI=1S/C18H22N6O3/c1-3-5-14(10-25)23-17-16(9-20-18(24-17)21-12(2)26)27-11-15-7-4-6-13(8-19)22-15/h4,6-7,9,14,25H,3,5,10-11H2,1-2H3,(H2,20,21,23,24,26). The molecule has 0 fully saturated rings. The van der Waals surface area contributed by atoms with Gasteiger partial charge in [0, 0.05) is 6.92 Å². The van der Waals surface area contributed by atoms with Crippen LogP contribution in [0.2, 0.25) is 0 Å². The zero-order valence-corrected chi connectivity index (χ0v) is 15.3. The summed E-state index contributed by atoms with van der Waals surface area (Å²) in [6.07, 6.45) is 3.05. The molecule has 0 spiro atoms. The van der Waals surface area contributed by atoms with Gasteiger partial charge in [0.2, 0.25) is 11.9 Å². The molecular weight excluding hydrogens is 348 g/mol. The summed E-state index contributed by atoms with van der Waals surface area (Å²) in [4.78, 5) is 23.7. The number of hydrogen-bond acceptors (Lipinski definition) is 8. The first kappa shape index (κ1) is 20.1. The first-order chi connectivity index (χ1) is 13.0. The molecule has 0 saturated carbocycles. The van der Waals surface area contributed by atoms with Gasteiger partial charge in [0.1, 0.15) is 18.4 Å². The van der Waals surface area contributed by atoms with Crippen LogP contribution in [0.15, 0.2) is 24.4 Å². The van der Waals surface area contributed by atoms with E-state index in [0.29, 0.717) is 23.0 Å². The Morgan fingerprint density at radius 3 is 2.89 bits per heavy atom. The average molecular weight is 370 g/mol. The van der Waals surface area contributed by atoms with Gasteiger partial charge in [0.05, 0.1) is 24.5 Å². The number of nitriles is 1. The zero-order valence-electron chi connectivity index (χ0n) is 15.3. The lowest BCUT2D eigenvalue weighted by atomic mass is 10.2. The number of ether oxygens (including phenoxy) is 1. The molecule has 0 aliphatic carbocycles. The lowest BCUT2D eigenvalue weighted by molar-refractivity contribution is -0.114. The quantitative estimate of drug-likeness (QED) is 0.609. The largest absolute Gasteiger partial charge is 0.482 e. The van der Waals surface area contributed by atoms with Crippen LogP contribution in [0.1, 0.15) is 38.1 Å². The van der Waals surface area contributed by atoms with E-state index in [9.17, 15) is 9.90 Å². The van der Waals surface area contributed by atoms with Crippen LogP contribution < -0.4 is 15.4 Å². The number of aliphatic hydroxyl groups excluding tert-OH is 1. The molecule has 0 saturated heterocycles. The van der Waals surface area contributed by atoms with Crippen molar-refractivity contribution in [2.24, 2.45) is 0 Å². The molecule has 2 rings (SSSR count). The Labute approximate surface area is 157 Å². The monoisotopic (exact) mass is 370 g/mol. The van der Waals surface area contributed by atoms with Gasteiger partial charge in [0.15, 0.2) is 11.6 Å². The van der Waals surface area contributed by atoms with Crippen molar-refractivity contribution in [1.82, 2.24) is 15.0 Å². The van der Waals surface area contributed by atoms with Crippen molar-refractivity contribution in [2.45, 2.75) is 39.3 Å². The fourth-order valence-corrected chi connectivity index (χ4v) is 2.32. The number of hydrogen-bond donors (Lipinski definition) is 3. The lowest BCUT2D eigenvalue weighted by Gasteiger charge is -2.19. The fourth-order valence-electron chi connectivity index (χ4n) is 2.32. The highest BCUT2D eigenvalue weighted by Gasteiger charge is 2.14. The number of nitrogens with zero attached hydrogens (tertiary/aromatic N) is 4. The van der Waals surface area contributed by atoms with Crippen LogP contribution in [-0.2, 0) is 11.4 Å². The van der Waals surface area contributed by atoms with E-state index in [1.54, 1.807) is 18.2 Å². The fraction of sp³-hybridized carbons (Fsp3) is 0.389. The van der Waals surface area contributed by atoms with Crippen molar-refractivity contribution in [3.05, 3.63) is 35.8 Å². The van der Waals surface area contributed by atoms with Crippen LogP contribution in [0, 0.1) is 11.3 Å². The summed E-state index contributed by atoms with van der Waals surface area (Å²) in [5.41, 5.74) is 0.883. The number of carbonyl (C=O) groups is 1. The highest BCUT2D eigenvalue weighted by molar-refractivity contribution is 5.86. The second-order valence-corrected chi connectivity index (χ2v) is 5.81. The first-order valence-corrected chi connectivity index (χ1v) is 8.56. The molecule has 1 amide bonds. The van der Waals surface area contributed by atoms with Crippen LogP contribution in [0.4, 0.5) is 11.8 Å². The summed E-state index contributed by atoms with van der Waals surface area (Å²) in [5, 5.41) is 24.1. The Balaban J connectivity index is 2.21. The molecule has 9 nitrogen and oxygen atoms in total. The zero-order chi connectivity index (χ0) is 19.6. The van der Waals surface area contributed by atoms with Crippen molar-refractivity contribution < 1.29 is 14.6 Å². The third kappa shape index (κ3) is 6.20. The Morgan fingerprint density at radius 1 is 1.41 bits per heavy atom. The van der Waals surface area contributed by atoms with Gasteiger partial charge in [-0.2, -0.15) is 10.2 Å². The van der Waals surface area contributed by atoms with Gasteiger partial charge in [-0.1, -0.05) is 19.4 Å². The minimum atomic E-state index is -0.292. The third-order valence-electron chi connectivity index (χ3n) is 3.54. The summed E-state index contributed by atoms with van der Waals surface area (Å²) < 4.78 is 5.75. The molecule has 0 bridgehead atoms. The van der Waals surface area contributed by atoms with E-state index >= 15 is 0 Å². The minimum absolute atomic E-state index is 0.0709. The Kier molecular flexibility index (Phi) is 7.46. The van der Waals surface area contributed by atoms with E-state index in [2.05, 4.69) is 25.6 Å². The molecule has 2 aromatic rings. The highest BCUT2D eigenvalue weighted by Crippen LogP contribution is 2.25. The number of nitrogens with one attached hydrogen (secondary N) is 2. The van der Waals surface area contributed by atoms with Crippen molar-refractivity contribution in [2.75, 3.05) is 17.2 Å². The number of pyridine rings is 1. The molecule has 142 valence electrons. The Morgan fingerprint density at radius 2 is 2.22 bits per heavy atom. The molecule has 1 atom stereocenters. The maximum atomic E-state index is 11.2. The van der Waals surface area contributed by atoms with Crippen molar-refractivity contribution >= 4 is 17.7 Å². The topological polar surface area (TPSA) is 133 Å². The summed E-state index contributed by atoms with van der Waals surface area (Å²) in [5.74, 6) is 0.551. The van der Waals surface area contributed by atoms with Gasteiger partial charge in [-0.05, 0) is 18.6 Å². The predicted octanol–water partition coefficient (Wildman–Crippen LogP) is 1.85. The lowest BCUT2D eigenvalue weighted by Crippen LogP contribution is -2.25. The number of rotatable bonds is 9. The Hall–Kier alpha value is -3.25. The molecule has 0 radical (unpaired) electrons. The van der Waals surface area contributed by atoms with E-state index < -0.39 is 0 Å². The predicted molar refractivity (Wildman–Crippen MR) is 99.0 cm³/mol. The van der Waals surface area contributed by atoms with Crippen molar-refractivity contribution in [3.63, 3.8) is 0 Å². The van der Waals surface area contributed by atoms with Crippen molar-refractivity contribution in [3.8, 4) is 11.8 Å². The average Bonchev–Trinajstić information content (AvgIpc) is 2.66. The number of aliphatic hydroxyl groups is 1. The van der Waals surface area contributed by atoms with E-state index in [1.807, 2.05) is 13.0 Å². The highest BCUT2D eigenvalue weighted by atomic mass is 16.5. The van der Waals surface area contributed by atoms with Crippen LogP contribution in [-0.4, -0.2) is 38.6 Å². The molecule has 2 aromatic heterocycles. The van der Waals surface area contributed by atoms with E-state index in [-0.39, 0.29) is 31.1 Å². The maximum absolute atomic E-state index is 11.2. The van der Waals surface area contributed by atoms with Crippen LogP contribution >= 0.6 is 0 Å². The maximum Gasteiger partial charge on any atom is 0.231 e. The molecule has 1 unspecified atom stereocenters. The number of amides is 1. The second-order valence-electron chi connectivity index (χ2n) is 5.81. The molecule has 2 heterocycles. The molecular formula is C18H22N6O3. The van der Waals surface area contributed by atoms with Crippen LogP contribution in [0.5, 0.6) is 5.75 Å². The van der Waals surface area contributed by atoms with Crippen LogP contribution in [0.3, 0.4) is 0 Å². The number of aromatic nitrogens is 3. The van der Waals surface area contributed by atoms with Gasteiger partial charge in [-0.25, -0.2) is 9.97 Å². The van der Waals surface area contributed by atoms with Gasteiger partial charge >= 0.3 is 0 Å². The first-order valence-electron chi connectivity index (χ1n) is 8.56. The Bertz CT molecular complexity index is 821. The van der Waals surface area contributed by atoms with E-state index in [1.165, 1.54) is 13.1 Å². The normalized spacial score (nSPS) is 11.3. The molecule has 3 N–H and O–H groups in total.